The minimum absolute atomic E-state index is 0.146. The summed E-state index contributed by atoms with van der Waals surface area (Å²) in [7, 11) is 1.59. The van der Waals surface area contributed by atoms with Gasteiger partial charge in [0.25, 0.3) is 0 Å². The molecule has 9 heteroatoms. The van der Waals surface area contributed by atoms with Crippen LogP contribution in [0.25, 0.3) is 0 Å². The van der Waals surface area contributed by atoms with Crippen molar-refractivity contribution >= 4 is 17.3 Å². The maximum atomic E-state index is 12.4. The number of aliphatic imine (C=N–C) groups is 1. The number of alkyl halides is 3. The monoisotopic (exact) mass is 358 g/mol. The first kappa shape index (κ1) is 18.1. The Balaban J connectivity index is 1.95. The number of aryl methyl sites for hydroxylation is 1. The maximum absolute atomic E-state index is 12.4. The van der Waals surface area contributed by atoms with E-state index >= 15 is 0 Å². The van der Waals surface area contributed by atoms with Crippen LogP contribution in [0.2, 0.25) is 0 Å². The molecule has 0 aliphatic heterocycles. The van der Waals surface area contributed by atoms with Crippen molar-refractivity contribution in [1.82, 2.24) is 15.6 Å². The van der Waals surface area contributed by atoms with Gasteiger partial charge in [-0.05, 0) is 13.0 Å². The first-order chi connectivity index (χ1) is 11.4. The number of guanidine groups is 1. The Morgan fingerprint density at radius 3 is 2.58 bits per heavy atom. The highest BCUT2D eigenvalue weighted by atomic mass is 32.1. The van der Waals surface area contributed by atoms with E-state index in [0.717, 1.165) is 10.6 Å². The summed E-state index contributed by atoms with van der Waals surface area (Å²) in [5.41, 5.74) is 3.08. The van der Waals surface area contributed by atoms with Crippen LogP contribution in [0.5, 0.6) is 5.75 Å². The van der Waals surface area contributed by atoms with Gasteiger partial charge in [0.05, 0.1) is 17.7 Å². The van der Waals surface area contributed by atoms with Crippen molar-refractivity contribution in [1.29, 1.82) is 0 Å². The summed E-state index contributed by atoms with van der Waals surface area (Å²) in [4.78, 5) is 9.28. The van der Waals surface area contributed by atoms with Gasteiger partial charge in [0, 0.05) is 24.0 Å². The molecule has 0 aliphatic rings. The molecule has 0 aliphatic carbocycles. The first-order valence-corrected chi connectivity index (χ1v) is 7.94. The van der Waals surface area contributed by atoms with Gasteiger partial charge in [-0.2, -0.15) is 0 Å². The summed E-state index contributed by atoms with van der Waals surface area (Å²) < 4.78 is 41.3. The van der Waals surface area contributed by atoms with Gasteiger partial charge in [0.2, 0.25) is 0 Å². The smallest absolute Gasteiger partial charge is 0.405 e. The quantitative estimate of drug-likeness (QED) is 0.637. The number of aromatic nitrogens is 1. The molecule has 5 nitrogen and oxygen atoms in total. The van der Waals surface area contributed by atoms with E-state index in [4.69, 9.17) is 0 Å². The van der Waals surface area contributed by atoms with E-state index in [1.165, 1.54) is 23.5 Å². The van der Waals surface area contributed by atoms with Crippen molar-refractivity contribution in [3.63, 3.8) is 0 Å². The topological polar surface area (TPSA) is 58.5 Å². The minimum atomic E-state index is -4.72. The molecule has 2 aromatic rings. The summed E-state index contributed by atoms with van der Waals surface area (Å²) in [6.45, 7) is 2.60. The number of hydrogen-bond acceptors (Lipinski definition) is 4. The minimum Gasteiger partial charge on any atom is -0.405 e. The van der Waals surface area contributed by atoms with Crippen LogP contribution in [0.15, 0.2) is 34.8 Å². The number of benzene rings is 1. The second kappa shape index (κ2) is 8.00. The van der Waals surface area contributed by atoms with Gasteiger partial charge >= 0.3 is 6.36 Å². The van der Waals surface area contributed by atoms with E-state index in [2.05, 4.69) is 25.3 Å². The Morgan fingerprint density at radius 2 is 1.96 bits per heavy atom. The third-order valence-corrected chi connectivity index (χ3v) is 4.06. The summed E-state index contributed by atoms with van der Waals surface area (Å²) >= 11 is 1.52. The van der Waals surface area contributed by atoms with Crippen molar-refractivity contribution in [3.05, 3.63) is 45.9 Å². The fourth-order valence-electron chi connectivity index (χ4n) is 1.93. The molecule has 0 saturated carbocycles. The third-order valence-electron chi connectivity index (χ3n) is 3.13. The molecule has 1 aromatic heterocycles. The van der Waals surface area contributed by atoms with Crippen LogP contribution in [0, 0.1) is 6.92 Å². The van der Waals surface area contributed by atoms with Crippen molar-refractivity contribution in [2.75, 3.05) is 7.05 Å². The number of para-hydroxylation sites is 1. The van der Waals surface area contributed by atoms with Crippen LogP contribution < -0.4 is 15.4 Å². The molecule has 0 fully saturated rings. The van der Waals surface area contributed by atoms with Gasteiger partial charge in [0.1, 0.15) is 5.75 Å². The van der Waals surface area contributed by atoms with Crippen LogP contribution in [-0.4, -0.2) is 24.4 Å². The lowest BCUT2D eigenvalue weighted by atomic mass is 10.2. The number of nitrogens with zero attached hydrogens (tertiary/aromatic N) is 2. The zero-order valence-corrected chi connectivity index (χ0v) is 14.0. The summed E-state index contributed by atoms with van der Waals surface area (Å²) in [6, 6.07) is 5.98. The second-order valence-corrected chi connectivity index (χ2v) is 5.74. The predicted octanol–water partition coefficient (Wildman–Crippen LogP) is 3.22. The zero-order chi connectivity index (χ0) is 17.6. The maximum Gasteiger partial charge on any atom is 0.573 e. The molecule has 24 heavy (non-hydrogen) atoms. The molecule has 1 aromatic carbocycles. The fraction of sp³-hybridized carbons (Fsp3) is 0.333. The van der Waals surface area contributed by atoms with E-state index in [0.29, 0.717) is 18.1 Å². The Morgan fingerprint density at radius 1 is 1.25 bits per heavy atom. The Hall–Kier alpha value is -2.29. The molecule has 2 N–H and O–H groups in total. The lowest BCUT2D eigenvalue weighted by Gasteiger charge is -2.15. The molecule has 1 heterocycles. The molecule has 0 atom stereocenters. The van der Waals surface area contributed by atoms with Gasteiger partial charge in [0.15, 0.2) is 5.96 Å². The molecule has 0 bridgehead atoms. The summed E-state index contributed by atoms with van der Waals surface area (Å²) in [6.07, 6.45) is -4.72. The molecule has 0 radical (unpaired) electrons. The number of nitrogens with one attached hydrogen (secondary N) is 2. The average molecular weight is 358 g/mol. The van der Waals surface area contributed by atoms with Crippen LogP contribution >= 0.6 is 11.3 Å². The molecular formula is C15H17F3N4OS. The number of halogens is 3. The SMILES string of the molecule is CN=C(NCc1ccccc1OC(F)(F)F)NCc1scnc1C. The molecule has 0 amide bonds. The lowest BCUT2D eigenvalue weighted by Crippen LogP contribution is -2.36. The number of rotatable bonds is 5. The van der Waals surface area contributed by atoms with Gasteiger partial charge < -0.3 is 15.4 Å². The molecule has 130 valence electrons. The van der Waals surface area contributed by atoms with Crippen LogP contribution in [0.1, 0.15) is 16.1 Å². The van der Waals surface area contributed by atoms with Crippen molar-refractivity contribution in [3.8, 4) is 5.75 Å². The largest absolute Gasteiger partial charge is 0.573 e. The first-order valence-electron chi connectivity index (χ1n) is 7.06. The summed E-state index contributed by atoms with van der Waals surface area (Å²) in [5, 5.41) is 6.07. The van der Waals surface area contributed by atoms with Crippen LogP contribution in [0.4, 0.5) is 13.2 Å². The molecule has 2 rings (SSSR count). The summed E-state index contributed by atoms with van der Waals surface area (Å²) in [5.74, 6) is 0.246. The lowest BCUT2D eigenvalue weighted by molar-refractivity contribution is -0.274. The van der Waals surface area contributed by atoms with Gasteiger partial charge in [-0.1, -0.05) is 18.2 Å². The second-order valence-electron chi connectivity index (χ2n) is 4.80. The van der Waals surface area contributed by atoms with Gasteiger partial charge in [-0.15, -0.1) is 24.5 Å². The molecule has 0 unspecified atom stereocenters. The molecule has 0 saturated heterocycles. The Labute approximate surface area is 141 Å². The number of hydrogen-bond donors (Lipinski definition) is 2. The van der Waals surface area contributed by atoms with Crippen LogP contribution in [0.3, 0.4) is 0 Å². The molecular weight excluding hydrogens is 341 g/mol. The Bertz CT molecular complexity index is 700. The normalized spacial score (nSPS) is 12.1. The van der Waals surface area contributed by atoms with Gasteiger partial charge in [-0.25, -0.2) is 4.98 Å². The standard InChI is InChI=1S/C15H17F3N4OS/c1-10-13(24-9-22-10)8-21-14(19-2)20-7-11-5-3-4-6-12(11)23-15(16,17)18/h3-6,9H,7-8H2,1-2H3,(H2,19,20,21). The zero-order valence-electron chi connectivity index (χ0n) is 13.1. The van der Waals surface area contributed by atoms with E-state index in [9.17, 15) is 13.2 Å². The van der Waals surface area contributed by atoms with Crippen LogP contribution in [-0.2, 0) is 13.1 Å². The highest BCUT2D eigenvalue weighted by Crippen LogP contribution is 2.26. The van der Waals surface area contributed by atoms with Crippen molar-refractivity contribution < 1.29 is 17.9 Å². The van der Waals surface area contributed by atoms with E-state index in [1.54, 1.807) is 24.7 Å². The van der Waals surface area contributed by atoms with E-state index in [-0.39, 0.29) is 12.3 Å². The molecule has 0 spiro atoms. The van der Waals surface area contributed by atoms with E-state index in [1.807, 2.05) is 6.92 Å². The Kier molecular flexibility index (Phi) is 6.02. The van der Waals surface area contributed by atoms with Gasteiger partial charge in [-0.3, -0.25) is 4.99 Å². The highest BCUT2D eigenvalue weighted by Gasteiger charge is 2.31. The number of ether oxygens (including phenoxy) is 1. The number of thiazole rings is 1. The predicted molar refractivity (Wildman–Crippen MR) is 87.0 cm³/mol. The average Bonchev–Trinajstić information content (AvgIpc) is 2.93. The fourth-order valence-corrected chi connectivity index (χ4v) is 2.65. The van der Waals surface area contributed by atoms with E-state index < -0.39 is 6.36 Å². The van der Waals surface area contributed by atoms with Crippen molar-refractivity contribution in [2.45, 2.75) is 26.4 Å². The third kappa shape index (κ3) is 5.41. The highest BCUT2D eigenvalue weighted by molar-refractivity contribution is 7.09. The van der Waals surface area contributed by atoms with Crippen molar-refractivity contribution in [2.24, 2.45) is 4.99 Å².